The van der Waals surface area contributed by atoms with Gasteiger partial charge in [-0.05, 0) is 54.2 Å². The predicted molar refractivity (Wildman–Crippen MR) is 127 cm³/mol. The smallest absolute Gasteiger partial charge is 0.170 e. The van der Waals surface area contributed by atoms with E-state index in [4.69, 9.17) is 16.6 Å². The quantitative estimate of drug-likeness (QED) is 0.369. The molecule has 1 fully saturated rings. The van der Waals surface area contributed by atoms with Crippen molar-refractivity contribution in [3.8, 4) is 0 Å². The van der Waals surface area contributed by atoms with Gasteiger partial charge in [0.25, 0.3) is 0 Å². The van der Waals surface area contributed by atoms with Gasteiger partial charge in [-0.2, -0.15) is 0 Å². The molecule has 1 saturated heterocycles. The van der Waals surface area contributed by atoms with E-state index in [2.05, 4.69) is 57.7 Å². The molecule has 0 saturated carbocycles. The van der Waals surface area contributed by atoms with E-state index < -0.39 is 0 Å². The summed E-state index contributed by atoms with van der Waals surface area (Å²) < 4.78 is 6.33. The second kappa shape index (κ2) is 8.96. The van der Waals surface area contributed by atoms with Crippen molar-refractivity contribution in [1.29, 1.82) is 0 Å². The number of furan rings is 1. The molecule has 2 aromatic heterocycles. The minimum atomic E-state index is -0.0901. The second-order valence-electron chi connectivity index (χ2n) is 7.31. The Balaban J connectivity index is 1.48. The average molecular weight is 444 g/mol. The highest BCUT2D eigenvalue weighted by Gasteiger charge is 2.41. The largest absolute Gasteiger partial charge is 0.452 e. The van der Waals surface area contributed by atoms with Crippen LogP contribution in [0.15, 0.2) is 112 Å². The first-order valence-corrected chi connectivity index (χ1v) is 11.3. The number of hydrogen-bond donors (Lipinski definition) is 1. The van der Waals surface area contributed by atoms with Crippen molar-refractivity contribution in [3.05, 3.63) is 114 Å². The van der Waals surface area contributed by atoms with Crippen molar-refractivity contribution in [2.45, 2.75) is 28.6 Å². The van der Waals surface area contributed by atoms with Crippen LogP contribution in [-0.4, -0.2) is 15.0 Å². The molecule has 0 aliphatic carbocycles. The van der Waals surface area contributed by atoms with Crippen LogP contribution in [0.2, 0.25) is 0 Å². The second-order valence-corrected chi connectivity index (χ2v) is 8.78. The molecule has 0 amide bonds. The highest BCUT2D eigenvalue weighted by Crippen LogP contribution is 2.41. The molecule has 2 atom stereocenters. The lowest BCUT2D eigenvalue weighted by Crippen LogP contribution is -2.28. The maximum absolute atomic E-state index is 6.33. The van der Waals surface area contributed by atoms with E-state index in [-0.39, 0.29) is 12.1 Å². The third-order valence-corrected chi connectivity index (χ3v) is 6.53. The first-order valence-electron chi connectivity index (χ1n) is 10.1. The summed E-state index contributed by atoms with van der Waals surface area (Å²) in [5.74, 6) is 0.873. The highest BCUT2D eigenvalue weighted by molar-refractivity contribution is 7.99. The molecular weight excluding hydrogens is 422 g/mol. The van der Waals surface area contributed by atoms with Crippen LogP contribution in [0.5, 0.6) is 0 Å². The molecule has 2 aromatic carbocycles. The van der Waals surface area contributed by atoms with Crippen LogP contribution in [0.25, 0.3) is 0 Å². The van der Waals surface area contributed by atoms with E-state index in [1.165, 1.54) is 5.56 Å². The zero-order valence-electron chi connectivity index (χ0n) is 16.7. The standard InChI is InChI=1S/C25H21N3OS2/c30-25-27-23(20-13-7-8-16-26-20)24(28(25)17-18-9-3-1-4-10-18)21-14-15-22(29-21)31-19-11-5-2-6-12-19/h1-16,23-24H,17H2,(H,27,30)/t23-,24-/m0/s1. The molecule has 3 heterocycles. The fourth-order valence-electron chi connectivity index (χ4n) is 3.82. The summed E-state index contributed by atoms with van der Waals surface area (Å²) in [6, 6.07) is 30.5. The van der Waals surface area contributed by atoms with Gasteiger partial charge in [0.1, 0.15) is 11.8 Å². The van der Waals surface area contributed by atoms with Crippen LogP contribution >= 0.6 is 24.0 Å². The lowest BCUT2D eigenvalue weighted by molar-refractivity contribution is 0.254. The Hall–Kier alpha value is -3.09. The summed E-state index contributed by atoms with van der Waals surface area (Å²) in [5, 5.41) is 5.04. The Morgan fingerprint density at radius 3 is 2.39 bits per heavy atom. The molecule has 0 spiro atoms. The highest BCUT2D eigenvalue weighted by atomic mass is 32.2. The van der Waals surface area contributed by atoms with Crippen LogP contribution in [0.1, 0.15) is 29.1 Å². The molecule has 4 nitrogen and oxygen atoms in total. The molecule has 4 aromatic rings. The third kappa shape index (κ3) is 4.36. The number of hydrogen-bond acceptors (Lipinski definition) is 4. The van der Waals surface area contributed by atoms with Gasteiger partial charge in [-0.25, -0.2) is 0 Å². The van der Waals surface area contributed by atoms with E-state index in [0.717, 1.165) is 21.4 Å². The summed E-state index contributed by atoms with van der Waals surface area (Å²) >= 11 is 7.36. The van der Waals surface area contributed by atoms with Gasteiger partial charge in [0.05, 0.1) is 11.7 Å². The van der Waals surface area contributed by atoms with E-state index in [1.807, 2.05) is 54.7 Å². The van der Waals surface area contributed by atoms with Crippen LogP contribution in [-0.2, 0) is 6.54 Å². The third-order valence-electron chi connectivity index (χ3n) is 5.25. The van der Waals surface area contributed by atoms with Gasteiger partial charge in [-0.1, -0.05) is 66.4 Å². The van der Waals surface area contributed by atoms with Crippen molar-refractivity contribution in [2.24, 2.45) is 0 Å². The number of pyridine rings is 1. The van der Waals surface area contributed by atoms with Gasteiger partial charge in [0.2, 0.25) is 0 Å². The van der Waals surface area contributed by atoms with Gasteiger partial charge in [-0.3, -0.25) is 4.98 Å². The Morgan fingerprint density at radius 2 is 1.65 bits per heavy atom. The average Bonchev–Trinajstić information content (AvgIpc) is 3.40. The molecule has 1 aliphatic rings. The van der Waals surface area contributed by atoms with Gasteiger partial charge in [0.15, 0.2) is 10.2 Å². The molecule has 6 heteroatoms. The molecule has 31 heavy (non-hydrogen) atoms. The molecule has 1 aliphatic heterocycles. The van der Waals surface area contributed by atoms with E-state index in [9.17, 15) is 0 Å². The van der Waals surface area contributed by atoms with Crippen molar-refractivity contribution in [1.82, 2.24) is 15.2 Å². The van der Waals surface area contributed by atoms with Crippen LogP contribution in [0.4, 0.5) is 0 Å². The van der Waals surface area contributed by atoms with Crippen molar-refractivity contribution < 1.29 is 4.42 Å². The van der Waals surface area contributed by atoms with Crippen molar-refractivity contribution >= 4 is 29.1 Å². The summed E-state index contributed by atoms with van der Waals surface area (Å²) in [6.07, 6.45) is 1.82. The normalized spacial score (nSPS) is 18.2. The van der Waals surface area contributed by atoms with Gasteiger partial charge in [0, 0.05) is 17.6 Å². The molecule has 0 unspecified atom stereocenters. The van der Waals surface area contributed by atoms with Crippen molar-refractivity contribution in [2.75, 3.05) is 0 Å². The lowest BCUT2D eigenvalue weighted by atomic mass is 10.0. The number of nitrogens with one attached hydrogen (secondary N) is 1. The van der Waals surface area contributed by atoms with Crippen LogP contribution < -0.4 is 5.32 Å². The molecule has 5 rings (SSSR count). The Kier molecular flexibility index (Phi) is 5.74. The number of aromatic nitrogens is 1. The fraction of sp³-hybridized carbons (Fsp3) is 0.120. The summed E-state index contributed by atoms with van der Waals surface area (Å²) in [4.78, 5) is 7.93. The summed E-state index contributed by atoms with van der Waals surface area (Å²) in [7, 11) is 0. The summed E-state index contributed by atoms with van der Waals surface area (Å²) in [6.45, 7) is 0.697. The number of benzene rings is 2. The first kappa shape index (κ1) is 19.8. The predicted octanol–water partition coefficient (Wildman–Crippen LogP) is 6.00. The van der Waals surface area contributed by atoms with Gasteiger partial charge in [-0.15, -0.1) is 0 Å². The maximum atomic E-state index is 6.33. The molecule has 0 bridgehead atoms. The van der Waals surface area contributed by atoms with Crippen LogP contribution in [0, 0.1) is 0 Å². The molecule has 1 N–H and O–H groups in total. The van der Waals surface area contributed by atoms with E-state index in [0.29, 0.717) is 11.7 Å². The van der Waals surface area contributed by atoms with Gasteiger partial charge >= 0.3 is 0 Å². The Labute approximate surface area is 191 Å². The Bertz CT molecular complexity index is 1150. The SMILES string of the molecule is S=C1N[C@@H](c2ccccn2)[C@H](c2ccc(Sc3ccccc3)o2)N1Cc1ccccc1. The molecule has 154 valence electrons. The fourth-order valence-corrected chi connectivity index (χ4v) is 4.92. The van der Waals surface area contributed by atoms with Gasteiger partial charge < -0.3 is 14.6 Å². The first-order chi connectivity index (χ1) is 15.3. The minimum absolute atomic E-state index is 0.0851. The van der Waals surface area contributed by atoms with Crippen LogP contribution in [0.3, 0.4) is 0 Å². The zero-order valence-corrected chi connectivity index (χ0v) is 18.4. The lowest BCUT2D eigenvalue weighted by Gasteiger charge is -2.26. The minimum Gasteiger partial charge on any atom is -0.452 e. The molecular formula is C25H21N3OS2. The number of nitrogens with zero attached hydrogens (tertiary/aromatic N) is 2. The maximum Gasteiger partial charge on any atom is 0.170 e. The number of rotatable bonds is 6. The topological polar surface area (TPSA) is 41.3 Å². The number of thiocarbonyl (C=S) groups is 1. The zero-order chi connectivity index (χ0) is 21.0. The van der Waals surface area contributed by atoms with Crippen molar-refractivity contribution in [3.63, 3.8) is 0 Å². The van der Waals surface area contributed by atoms with E-state index >= 15 is 0 Å². The Morgan fingerprint density at radius 1 is 0.903 bits per heavy atom. The monoisotopic (exact) mass is 443 g/mol. The van der Waals surface area contributed by atoms with E-state index in [1.54, 1.807) is 11.8 Å². The summed E-state index contributed by atoms with van der Waals surface area (Å²) in [5.41, 5.74) is 2.14. The molecule has 0 radical (unpaired) electrons.